The third kappa shape index (κ3) is 5.44. The number of benzene rings is 2. The Morgan fingerprint density at radius 3 is 2.13 bits per heavy atom. The third-order valence-electron chi connectivity index (χ3n) is 3.67. The zero-order chi connectivity index (χ0) is 17.1. The maximum atomic E-state index is 12.4. The highest BCUT2D eigenvalue weighted by Gasteiger charge is 2.22. The van der Waals surface area contributed by atoms with E-state index in [0.717, 1.165) is 16.5 Å². The number of rotatable bonds is 6. The van der Waals surface area contributed by atoms with Crippen molar-refractivity contribution < 1.29 is 8.42 Å². The summed E-state index contributed by atoms with van der Waals surface area (Å²) in [6.45, 7) is 6.45. The monoisotopic (exact) mass is 395 g/mol. The van der Waals surface area contributed by atoms with Gasteiger partial charge in [0.05, 0.1) is 4.90 Å². The summed E-state index contributed by atoms with van der Waals surface area (Å²) in [5, 5.41) is 0. The molecule has 0 aliphatic rings. The molecule has 0 aliphatic heterocycles. The minimum Gasteiger partial charge on any atom is -0.211 e. The van der Waals surface area contributed by atoms with Crippen molar-refractivity contribution in [3.05, 3.63) is 64.1 Å². The normalized spacial score (nSPS) is 12.3. The van der Waals surface area contributed by atoms with E-state index in [1.165, 1.54) is 5.56 Å². The lowest BCUT2D eigenvalue weighted by molar-refractivity contribution is 0.361. The lowest BCUT2D eigenvalue weighted by Crippen LogP contribution is -2.35. The summed E-state index contributed by atoms with van der Waals surface area (Å²) in [4.78, 5) is 0.308. The van der Waals surface area contributed by atoms with Crippen LogP contribution in [0.15, 0.2) is 57.9 Å². The Hall–Kier alpha value is -1.17. The van der Waals surface area contributed by atoms with Crippen molar-refractivity contribution in [1.82, 2.24) is 4.72 Å². The van der Waals surface area contributed by atoms with Crippen LogP contribution in [0.2, 0.25) is 0 Å². The maximum absolute atomic E-state index is 12.4. The molecule has 0 saturated carbocycles. The Morgan fingerprint density at radius 1 is 1.00 bits per heavy atom. The van der Waals surface area contributed by atoms with E-state index in [0.29, 0.717) is 11.4 Å². The fourth-order valence-corrected chi connectivity index (χ4v) is 3.81. The Labute approximate surface area is 147 Å². The predicted molar refractivity (Wildman–Crippen MR) is 98.0 cm³/mol. The zero-order valence-corrected chi connectivity index (χ0v) is 16.0. The van der Waals surface area contributed by atoms with Gasteiger partial charge in [-0.1, -0.05) is 59.6 Å². The number of hydrogen-bond acceptors (Lipinski definition) is 2. The first-order valence-corrected chi connectivity index (χ1v) is 9.76. The van der Waals surface area contributed by atoms with Gasteiger partial charge in [0.25, 0.3) is 0 Å². The van der Waals surface area contributed by atoms with E-state index in [1.807, 2.05) is 31.2 Å². The highest BCUT2D eigenvalue weighted by Crippen LogP contribution is 2.23. The first-order chi connectivity index (χ1) is 10.7. The van der Waals surface area contributed by atoms with Crippen molar-refractivity contribution in [2.24, 2.45) is 5.41 Å². The molecular formula is C18H22BrNO2S. The summed E-state index contributed by atoms with van der Waals surface area (Å²) in [6, 6.07) is 15.0. The quantitative estimate of drug-likeness (QED) is 0.791. The number of hydrogen-bond donors (Lipinski definition) is 1. The van der Waals surface area contributed by atoms with Crippen molar-refractivity contribution >= 4 is 26.0 Å². The van der Waals surface area contributed by atoms with Crippen molar-refractivity contribution in [3.63, 3.8) is 0 Å². The lowest BCUT2D eigenvalue weighted by Gasteiger charge is -2.25. The van der Waals surface area contributed by atoms with Crippen molar-refractivity contribution in [2.45, 2.75) is 32.1 Å². The topological polar surface area (TPSA) is 46.2 Å². The van der Waals surface area contributed by atoms with Gasteiger partial charge in [0.15, 0.2) is 0 Å². The van der Waals surface area contributed by atoms with Gasteiger partial charge in [0.2, 0.25) is 10.0 Å². The first-order valence-electron chi connectivity index (χ1n) is 7.49. The molecule has 0 bridgehead atoms. The average molecular weight is 396 g/mol. The fraction of sp³-hybridized carbons (Fsp3) is 0.333. The molecule has 124 valence electrons. The predicted octanol–water partition coefficient (Wildman–Crippen LogP) is 4.30. The molecular weight excluding hydrogens is 374 g/mol. The SMILES string of the molecule is Cc1ccc(S(=O)(=O)NCC(C)(C)Cc2ccc(Br)cc2)cc1. The van der Waals surface area contributed by atoms with Gasteiger partial charge in [0.1, 0.15) is 0 Å². The van der Waals surface area contributed by atoms with Gasteiger partial charge in [-0.2, -0.15) is 0 Å². The molecule has 0 saturated heterocycles. The van der Waals surface area contributed by atoms with Gasteiger partial charge in [-0.25, -0.2) is 13.1 Å². The molecule has 2 aromatic carbocycles. The summed E-state index contributed by atoms with van der Waals surface area (Å²) in [5.74, 6) is 0. The van der Waals surface area contributed by atoms with Gasteiger partial charge >= 0.3 is 0 Å². The molecule has 0 fully saturated rings. The number of aryl methyl sites for hydroxylation is 1. The van der Waals surface area contributed by atoms with E-state index in [4.69, 9.17) is 0 Å². The van der Waals surface area contributed by atoms with E-state index < -0.39 is 10.0 Å². The van der Waals surface area contributed by atoms with E-state index in [1.54, 1.807) is 12.1 Å². The largest absolute Gasteiger partial charge is 0.240 e. The molecule has 0 amide bonds. The molecule has 3 nitrogen and oxygen atoms in total. The van der Waals surface area contributed by atoms with Crippen LogP contribution in [0, 0.1) is 12.3 Å². The van der Waals surface area contributed by atoms with Gasteiger partial charge in [-0.15, -0.1) is 0 Å². The fourth-order valence-electron chi connectivity index (χ4n) is 2.31. The Bertz CT molecular complexity index is 751. The molecule has 23 heavy (non-hydrogen) atoms. The second-order valence-electron chi connectivity index (χ2n) is 6.61. The zero-order valence-electron chi connectivity index (χ0n) is 13.6. The second kappa shape index (κ2) is 7.16. The summed E-state index contributed by atoms with van der Waals surface area (Å²) in [5.41, 5.74) is 2.05. The van der Waals surface area contributed by atoms with Crippen LogP contribution in [0.1, 0.15) is 25.0 Å². The maximum Gasteiger partial charge on any atom is 0.240 e. The van der Waals surface area contributed by atoms with Crippen LogP contribution in [0.5, 0.6) is 0 Å². The van der Waals surface area contributed by atoms with E-state index in [2.05, 4.69) is 46.6 Å². The summed E-state index contributed by atoms with van der Waals surface area (Å²) < 4.78 is 28.5. The van der Waals surface area contributed by atoms with Gasteiger partial charge in [-0.05, 0) is 48.6 Å². The molecule has 0 aromatic heterocycles. The Kier molecular flexibility index (Phi) is 5.65. The summed E-state index contributed by atoms with van der Waals surface area (Å²) in [7, 11) is -3.47. The van der Waals surface area contributed by atoms with Crippen LogP contribution < -0.4 is 4.72 Å². The van der Waals surface area contributed by atoms with E-state index in [-0.39, 0.29) is 5.41 Å². The number of halogens is 1. The van der Waals surface area contributed by atoms with Crippen LogP contribution in [0.25, 0.3) is 0 Å². The molecule has 1 N–H and O–H groups in total. The molecule has 0 atom stereocenters. The molecule has 5 heteroatoms. The standard InChI is InChI=1S/C18H22BrNO2S/c1-14-4-10-17(11-5-14)23(21,22)20-13-18(2,3)12-15-6-8-16(19)9-7-15/h4-11,20H,12-13H2,1-3H3. The van der Waals surface area contributed by atoms with E-state index in [9.17, 15) is 8.42 Å². The molecule has 0 heterocycles. The molecule has 2 rings (SSSR count). The van der Waals surface area contributed by atoms with E-state index >= 15 is 0 Å². The Balaban J connectivity index is 2.02. The van der Waals surface area contributed by atoms with Gasteiger partial charge < -0.3 is 0 Å². The van der Waals surface area contributed by atoms with Gasteiger partial charge in [0, 0.05) is 11.0 Å². The van der Waals surface area contributed by atoms with Crippen LogP contribution in [-0.2, 0) is 16.4 Å². The number of sulfonamides is 1. The molecule has 0 spiro atoms. The molecule has 2 aromatic rings. The summed E-state index contributed by atoms with van der Waals surface area (Å²) in [6.07, 6.45) is 0.802. The minimum atomic E-state index is -3.47. The Morgan fingerprint density at radius 2 is 1.57 bits per heavy atom. The van der Waals surface area contributed by atoms with Crippen LogP contribution in [0.3, 0.4) is 0 Å². The molecule has 0 aliphatic carbocycles. The second-order valence-corrected chi connectivity index (χ2v) is 9.29. The minimum absolute atomic E-state index is 0.175. The lowest BCUT2D eigenvalue weighted by atomic mass is 9.86. The van der Waals surface area contributed by atoms with Crippen molar-refractivity contribution in [1.29, 1.82) is 0 Å². The molecule has 0 radical (unpaired) electrons. The summed E-state index contributed by atoms with van der Waals surface area (Å²) >= 11 is 3.42. The number of nitrogens with one attached hydrogen (secondary N) is 1. The van der Waals surface area contributed by atoms with Crippen LogP contribution in [-0.4, -0.2) is 15.0 Å². The van der Waals surface area contributed by atoms with Crippen LogP contribution in [0.4, 0.5) is 0 Å². The average Bonchev–Trinajstić information content (AvgIpc) is 2.48. The smallest absolute Gasteiger partial charge is 0.211 e. The van der Waals surface area contributed by atoms with Gasteiger partial charge in [-0.3, -0.25) is 0 Å². The highest BCUT2D eigenvalue weighted by molar-refractivity contribution is 9.10. The van der Waals surface area contributed by atoms with Crippen LogP contribution >= 0.6 is 15.9 Å². The van der Waals surface area contributed by atoms with Crippen molar-refractivity contribution in [3.8, 4) is 0 Å². The van der Waals surface area contributed by atoms with Crippen molar-refractivity contribution in [2.75, 3.05) is 6.54 Å². The third-order valence-corrected chi connectivity index (χ3v) is 5.61. The highest BCUT2D eigenvalue weighted by atomic mass is 79.9. The first kappa shape index (κ1) is 18.2. The molecule has 0 unspecified atom stereocenters.